The molecule has 104 valence electrons. The van der Waals surface area contributed by atoms with Gasteiger partial charge in [0.15, 0.2) is 6.29 Å². The van der Waals surface area contributed by atoms with Gasteiger partial charge in [0, 0.05) is 18.1 Å². The lowest BCUT2D eigenvalue weighted by molar-refractivity contribution is 0.112. The molecule has 0 saturated heterocycles. The minimum atomic E-state index is -0.326. The zero-order chi connectivity index (χ0) is 14.8. The fourth-order valence-electron chi connectivity index (χ4n) is 2.28. The highest BCUT2D eigenvalue weighted by Gasteiger charge is 2.12. The lowest BCUT2D eigenvalue weighted by atomic mass is 10.1. The highest BCUT2D eigenvalue weighted by atomic mass is 19.1. The second-order valence-electron chi connectivity index (χ2n) is 4.75. The Kier molecular flexibility index (Phi) is 3.36. The quantitative estimate of drug-likeness (QED) is 0.681. The van der Waals surface area contributed by atoms with Crippen LogP contribution in [0.1, 0.15) is 10.4 Å². The monoisotopic (exact) mass is 280 g/mol. The molecule has 0 saturated carbocycles. The molecule has 0 spiro atoms. The number of anilines is 2. The Labute approximate surface area is 121 Å². The molecule has 0 bridgehead atoms. The lowest BCUT2D eigenvalue weighted by Crippen LogP contribution is -2.13. The fourth-order valence-corrected chi connectivity index (χ4v) is 2.28. The first-order valence-corrected chi connectivity index (χ1v) is 6.53. The summed E-state index contributed by atoms with van der Waals surface area (Å²) in [6, 6.07) is 15.6. The number of benzene rings is 2. The van der Waals surface area contributed by atoms with Gasteiger partial charge in [-0.15, -0.1) is 0 Å². The number of para-hydroxylation sites is 1. The van der Waals surface area contributed by atoms with Gasteiger partial charge in [-0.25, -0.2) is 9.37 Å². The second-order valence-corrected chi connectivity index (χ2v) is 4.75. The van der Waals surface area contributed by atoms with Crippen LogP contribution < -0.4 is 4.90 Å². The molecule has 0 fully saturated rings. The molecule has 0 amide bonds. The van der Waals surface area contributed by atoms with Gasteiger partial charge in [0.2, 0.25) is 0 Å². The van der Waals surface area contributed by atoms with Gasteiger partial charge in [-0.3, -0.25) is 4.79 Å². The minimum Gasteiger partial charge on any atom is -0.329 e. The highest BCUT2D eigenvalue weighted by Crippen LogP contribution is 2.27. The first kappa shape index (κ1) is 13.2. The van der Waals surface area contributed by atoms with E-state index in [0.29, 0.717) is 17.1 Å². The van der Waals surface area contributed by atoms with E-state index in [9.17, 15) is 9.18 Å². The molecule has 4 heteroatoms. The van der Waals surface area contributed by atoms with Crippen molar-refractivity contribution in [2.45, 2.75) is 0 Å². The van der Waals surface area contributed by atoms with Gasteiger partial charge in [-0.1, -0.05) is 24.3 Å². The van der Waals surface area contributed by atoms with Crippen molar-refractivity contribution in [3.05, 3.63) is 66.0 Å². The Morgan fingerprint density at radius 3 is 2.67 bits per heavy atom. The maximum atomic E-state index is 13.4. The summed E-state index contributed by atoms with van der Waals surface area (Å²) < 4.78 is 13.4. The van der Waals surface area contributed by atoms with E-state index in [-0.39, 0.29) is 5.82 Å². The Balaban J connectivity index is 2.16. The normalized spacial score (nSPS) is 10.6. The Morgan fingerprint density at radius 1 is 1.10 bits per heavy atom. The summed E-state index contributed by atoms with van der Waals surface area (Å²) in [5.74, 6) is 0.182. The number of hydrogen-bond donors (Lipinski definition) is 0. The maximum absolute atomic E-state index is 13.4. The molecule has 2 aromatic carbocycles. The number of carbonyl (C=O) groups excluding carboxylic acids is 1. The number of carbonyl (C=O) groups is 1. The molecule has 1 heterocycles. The predicted molar refractivity (Wildman–Crippen MR) is 81.6 cm³/mol. The van der Waals surface area contributed by atoms with E-state index in [1.165, 1.54) is 12.1 Å². The lowest BCUT2D eigenvalue weighted by Gasteiger charge is -2.20. The molecule has 3 rings (SSSR count). The summed E-state index contributed by atoms with van der Waals surface area (Å²) in [6.07, 6.45) is 0.768. The van der Waals surface area contributed by atoms with E-state index in [0.717, 1.165) is 17.2 Å². The molecular weight excluding hydrogens is 267 g/mol. The molecule has 0 unspecified atom stereocenters. The van der Waals surface area contributed by atoms with Crippen molar-refractivity contribution >= 4 is 28.7 Å². The summed E-state index contributed by atoms with van der Waals surface area (Å²) in [4.78, 5) is 17.6. The van der Waals surface area contributed by atoms with Crippen molar-refractivity contribution in [3.63, 3.8) is 0 Å². The van der Waals surface area contributed by atoms with E-state index < -0.39 is 0 Å². The molecule has 1 aromatic heterocycles. The number of aromatic nitrogens is 1. The van der Waals surface area contributed by atoms with E-state index in [2.05, 4.69) is 4.98 Å². The number of pyridine rings is 1. The molecule has 0 aliphatic heterocycles. The van der Waals surface area contributed by atoms with Crippen LogP contribution in [0.2, 0.25) is 0 Å². The third-order valence-electron chi connectivity index (χ3n) is 3.37. The molecule has 3 nitrogen and oxygen atoms in total. The van der Waals surface area contributed by atoms with Crippen LogP contribution in [0.25, 0.3) is 10.9 Å². The van der Waals surface area contributed by atoms with Gasteiger partial charge in [0.1, 0.15) is 11.6 Å². The summed E-state index contributed by atoms with van der Waals surface area (Å²) in [5.41, 5.74) is 1.91. The number of hydrogen-bond acceptors (Lipinski definition) is 3. The van der Waals surface area contributed by atoms with E-state index >= 15 is 0 Å². The number of halogens is 1. The third kappa shape index (κ3) is 2.48. The Bertz CT molecular complexity index is 817. The summed E-state index contributed by atoms with van der Waals surface area (Å²) in [5, 5.41) is 0.899. The van der Waals surface area contributed by atoms with Gasteiger partial charge in [-0.2, -0.15) is 0 Å². The van der Waals surface area contributed by atoms with Crippen LogP contribution >= 0.6 is 0 Å². The van der Waals surface area contributed by atoms with Gasteiger partial charge in [0.05, 0.1) is 11.1 Å². The van der Waals surface area contributed by atoms with Crippen molar-refractivity contribution < 1.29 is 9.18 Å². The van der Waals surface area contributed by atoms with Gasteiger partial charge < -0.3 is 4.90 Å². The Hall–Kier alpha value is -2.75. The average Bonchev–Trinajstić information content (AvgIpc) is 2.53. The summed E-state index contributed by atoms with van der Waals surface area (Å²) in [7, 11) is 1.76. The number of nitrogens with zero attached hydrogens (tertiary/aromatic N) is 2. The van der Waals surface area contributed by atoms with Crippen LogP contribution in [0.5, 0.6) is 0 Å². The van der Waals surface area contributed by atoms with Crippen molar-refractivity contribution in [2.24, 2.45) is 0 Å². The SMILES string of the molecule is CN(c1cccc(F)c1)c1nc2ccccc2cc1C=O. The zero-order valence-electron chi connectivity index (χ0n) is 11.5. The molecule has 0 radical (unpaired) electrons. The molecule has 3 aromatic rings. The largest absolute Gasteiger partial charge is 0.329 e. The number of fused-ring (bicyclic) bond motifs is 1. The average molecular weight is 280 g/mol. The van der Waals surface area contributed by atoms with Crippen molar-refractivity contribution in [3.8, 4) is 0 Å². The van der Waals surface area contributed by atoms with Crippen molar-refractivity contribution in [1.82, 2.24) is 4.98 Å². The fraction of sp³-hybridized carbons (Fsp3) is 0.0588. The van der Waals surface area contributed by atoms with Crippen LogP contribution in [-0.2, 0) is 0 Å². The molecular formula is C17H13FN2O. The number of aldehydes is 1. The van der Waals surface area contributed by atoms with Crippen molar-refractivity contribution in [1.29, 1.82) is 0 Å². The number of rotatable bonds is 3. The van der Waals surface area contributed by atoms with E-state index in [1.807, 2.05) is 24.3 Å². The van der Waals surface area contributed by atoms with E-state index in [4.69, 9.17) is 0 Å². The zero-order valence-corrected chi connectivity index (χ0v) is 11.5. The van der Waals surface area contributed by atoms with Gasteiger partial charge >= 0.3 is 0 Å². The summed E-state index contributed by atoms with van der Waals surface area (Å²) >= 11 is 0. The minimum absolute atomic E-state index is 0.326. The summed E-state index contributed by atoms with van der Waals surface area (Å²) in [6.45, 7) is 0. The standard InChI is InChI=1S/C17H13FN2O/c1-20(15-7-4-6-14(18)10-15)17-13(11-21)9-12-5-2-3-8-16(12)19-17/h2-11H,1H3. The molecule has 0 N–H and O–H groups in total. The van der Waals surface area contributed by atoms with Gasteiger partial charge in [-0.05, 0) is 30.3 Å². The maximum Gasteiger partial charge on any atom is 0.153 e. The molecule has 0 atom stereocenters. The van der Waals surface area contributed by atoms with Crippen LogP contribution in [0.3, 0.4) is 0 Å². The molecule has 0 aliphatic carbocycles. The van der Waals surface area contributed by atoms with E-state index in [1.54, 1.807) is 30.1 Å². The highest BCUT2D eigenvalue weighted by molar-refractivity contribution is 5.92. The van der Waals surface area contributed by atoms with Crippen molar-refractivity contribution in [2.75, 3.05) is 11.9 Å². The predicted octanol–water partition coefficient (Wildman–Crippen LogP) is 3.95. The van der Waals surface area contributed by atoms with Crippen LogP contribution in [-0.4, -0.2) is 18.3 Å². The topological polar surface area (TPSA) is 33.2 Å². The molecule has 21 heavy (non-hydrogen) atoms. The molecule has 0 aliphatic rings. The van der Waals surface area contributed by atoms with Crippen LogP contribution in [0.15, 0.2) is 54.6 Å². The van der Waals surface area contributed by atoms with Crippen LogP contribution in [0, 0.1) is 5.82 Å². The van der Waals surface area contributed by atoms with Gasteiger partial charge in [0.25, 0.3) is 0 Å². The smallest absolute Gasteiger partial charge is 0.153 e. The first-order valence-electron chi connectivity index (χ1n) is 6.53. The van der Waals surface area contributed by atoms with Crippen LogP contribution in [0.4, 0.5) is 15.9 Å². The first-order chi connectivity index (χ1) is 10.2. The Morgan fingerprint density at radius 2 is 1.90 bits per heavy atom. The second kappa shape index (κ2) is 5.32. The third-order valence-corrected chi connectivity index (χ3v) is 3.37.